The summed E-state index contributed by atoms with van der Waals surface area (Å²) in [6, 6.07) is 0.367. The van der Waals surface area contributed by atoms with Crippen molar-refractivity contribution < 1.29 is 0 Å². The molecule has 0 amide bonds. The van der Waals surface area contributed by atoms with Crippen molar-refractivity contribution in [2.45, 2.75) is 38.6 Å². The number of hydrogen-bond donors (Lipinski definition) is 1. The van der Waals surface area contributed by atoms with E-state index in [-0.39, 0.29) is 5.56 Å². The summed E-state index contributed by atoms with van der Waals surface area (Å²) in [6.07, 6.45) is 5.27. The maximum absolute atomic E-state index is 12.1. The topological polar surface area (TPSA) is 75.9 Å². The second-order valence-corrected chi connectivity index (χ2v) is 6.94. The molecule has 3 rings (SSSR count). The van der Waals surface area contributed by atoms with Crippen LogP contribution >= 0.6 is 11.5 Å². The van der Waals surface area contributed by atoms with E-state index in [0.717, 1.165) is 36.9 Å². The highest BCUT2D eigenvalue weighted by Crippen LogP contribution is 2.22. The van der Waals surface area contributed by atoms with Gasteiger partial charge < -0.3 is 14.8 Å². The molecule has 0 radical (unpaired) electrons. The molecular weight excluding hydrogens is 312 g/mol. The van der Waals surface area contributed by atoms with Crippen molar-refractivity contribution in [1.82, 2.24) is 18.9 Å². The number of nitrogens with one attached hydrogen (secondary N) is 1. The highest BCUT2D eigenvalue weighted by Gasteiger charge is 2.23. The fourth-order valence-electron chi connectivity index (χ4n) is 2.64. The summed E-state index contributed by atoms with van der Waals surface area (Å²) < 4.78 is 5.94. The van der Waals surface area contributed by atoms with E-state index in [9.17, 15) is 4.79 Å². The lowest BCUT2D eigenvalue weighted by Gasteiger charge is -2.32. The second kappa shape index (κ2) is 6.66. The maximum atomic E-state index is 12.1. The molecule has 0 bridgehead atoms. The molecule has 0 spiro atoms. The Morgan fingerprint density at radius 2 is 2.09 bits per heavy atom. The first kappa shape index (κ1) is 15.9. The molecule has 2 aromatic heterocycles. The summed E-state index contributed by atoms with van der Waals surface area (Å²) in [5, 5.41) is 4.36. The summed E-state index contributed by atoms with van der Waals surface area (Å²) in [5.41, 5.74) is -0.0374. The van der Waals surface area contributed by atoms with Gasteiger partial charge in [-0.2, -0.15) is 4.37 Å². The van der Waals surface area contributed by atoms with Crippen LogP contribution in [0.15, 0.2) is 17.2 Å². The lowest BCUT2D eigenvalue weighted by atomic mass is 10.1. The van der Waals surface area contributed by atoms with Gasteiger partial charge in [0.25, 0.3) is 5.56 Å². The van der Waals surface area contributed by atoms with Crippen molar-refractivity contribution >= 4 is 22.5 Å². The van der Waals surface area contributed by atoms with Gasteiger partial charge in [0.2, 0.25) is 5.13 Å². The van der Waals surface area contributed by atoms with Gasteiger partial charge >= 0.3 is 0 Å². The lowest BCUT2D eigenvalue weighted by molar-refractivity contribution is 0.520. The number of anilines is 2. The van der Waals surface area contributed by atoms with Crippen LogP contribution in [0.25, 0.3) is 0 Å². The molecule has 0 atom stereocenters. The van der Waals surface area contributed by atoms with Crippen LogP contribution in [0.1, 0.15) is 38.4 Å². The monoisotopic (exact) mass is 334 g/mol. The largest absolute Gasteiger partial charge is 0.357 e. The number of aryl methyl sites for hydroxylation is 1. The fraction of sp³-hybridized carbons (Fsp3) is 0.600. The number of hydrogen-bond acceptors (Lipinski definition) is 7. The van der Waals surface area contributed by atoms with E-state index in [2.05, 4.69) is 38.4 Å². The Bertz CT molecular complexity index is 717. The van der Waals surface area contributed by atoms with Crippen molar-refractivity contribution in [2.24, 2.45) is 7.05 Å². The van der Waals surface area contributed by atoms with Crippen LogP contribution in [0.4, 0.5) is 10.9 Å². The van der Waals surface area contributed by atoms with Crippen molar-refractivity contribution in [3.05, 3.63) is 28.6 Å². The minimum atomic E-state index is -0.0374. The normalized spacial score (nSPS) is 16.1. The molecule has 0 aliphatic carbocycles. The van der Waals surface area contributed by atoms with Gasteiger partial charge in [-0.1, -0.05) is 13.8 Å². The van der Waals surface area contributed by atoms with Crippen molar-refractivity contribution in [3.8, 4) is 0 Å². The number of nitrogens with zero attached hydrogens (tertiary/aromatic N) is 5. The van der Waals surface area contributed by atoms with Gasteiger partial charge in [-0.05, 0) is 12.8 Å². The molecule has 2 aromatic rings. The highest BCUT2D eigenvalue weighted by molar-refractivity contribution is 7.09. The molecular formula is C15H22N6OS. The smallest absolute Gasteiger partial charge is 0.293 e. The fourth-order valence-corrected chi connectivity index (χ4v) is 3.43. The predicted octanol–water partition coefficient (Wildman–Crippen LogP) is 1.84. The molecule has 0 saturated carbocycles. The molecule has 0 unspecified atom stereocenters. The van der Waals surface area contributed by atoms with Crippen LogP contribution in [0.5, 0.6) is 0 Å². The zero-order valence-corrected chi connectivity index (χ0v) is 14.5. The first-order valence-corrected chi connectivity index (χ1v) is 8.68. The molecule has 7 nitrogen and oxygen atoms in total. The van der Waals surface area contributed by atoms with Crippen LogP contribution in [0.3, 0.4) is 0 Å². The molecule has 1 aliphatic rings. The highest BCUT2D eigenvalue weighted by atomic mass is 32.1. The molecule has 1 N–H and O–H groups in total. The Hall–Kier alpha value is -1.96. The van der Waals surface area contributed by atoms with Crippen LogP contribution in [0, 0.1) is 0 Å². The van der Waals surface area contributed by atoms with Crippen LogP contribution in [0.2, 0.25) is 0 Å². The van der Waals surface area contributed by atoms with E-state index in [1.165, 1.54) is 11.5 Å². The Morgan fingerprint density at radius 1 is 1.35 bits per heavy atom. The molecule has 0 aromatic carbocycles. The first-order valence-electron chi connectivity index (χ1n) is 7.91. The molecule has 1 saturated heterocycles. The minimum absolute atomic E-state index is 0.0374. The van der Waals surface area contributed by atoms with Gasteiger partial charge in [0, 0.05) is 56.0 Å². The van der Waals surface area contributed by atoms with Crippen molar-refractivity contribution in [3.63, 3.8) is 0 Å². The Kier molecular flexibility index (Phi) is 4.61. The molecule has 3 heterocycles. The predicted molar refractivity (Wildman–Crippen MR) is 92.3 cm³/mol. The van der Waals surface area contributed by atoms with Crippen LogP contribution in [-0.2, 0) is 7.05 Å². The summed E-state index contributed by atoms with van der Waals surface area (Å²) in [5.74, 6) is 1.79. The van der Waals surface area contributed by atoms with E-state index in [4.69, 9.17) is 0 Å². The van der Waals surface area contributed by atoms with Crippen molar-refractivity contribution in [2.75, 3.05) is 23.3 Å². The Labute approximate surface area is 139 Å². The molecule has 23 heavy (non-hydrogen) atoms. The van der Waals surface area contributed by atoms with Crippen LogP contribution < -0.4 is 15.8 Å². The standard InChI is InChI=1S/C15H22N6OS/c1-10(2)12-18-15(23-19-12)17-11-4-7-21(8-5-11)13-14(22)20(3)9-6-16-13/h6,9-11H,4-5,7-8H2,1-3H3,(H,17,18,19). The first-order chi connectivity index (χ1) is 11.0. The van der Waals surface area contributed by atoms with Crippen molar-refractivity contribution in [1.29, 1.82) is 0 Å². The zero-order valence-electron chi connectivity index (χ0n) is 13.7. The van der Waals surface area contributed by atoms with E-state index >= 15 is 0 Å². The summed E-state index contributed by atoms with van der Waals surface area (Å²) in [4.78, 5) is 23.0. The van der Waals surface area contributed by atoms with Gasteiger partial charge in [-0.3, -0.25) is 4.79 Å². The quantitative estimate of drug-likeness (QED) is 0.919. The van der Waals surface area contributed by atoms with Gasteiger partial charge in [0.15, 0.2) is 5.82 Å². The van der Waals surface area contributed by atoms with E-state index < -0.39 is 0 Å². The Balaban J connectivity index is 1.60. The minimum Gasteiger partial charge on any atom is -0.357 e. The summed E-state index contributed by atoms with van der Waals surface area (Å²) in [6.45, 7) is 5.83. The molecule has 8 heteroatoms. The lowest BCUT2D eigenvalue weighted by Crippen LogP contribution is -2.42. The summed E-state index contributed by atoms with van der Waals surface area (Å²) in [7, 11) is 1.75. The third-order valence-corrected chi connectivity index (χ3v) is 4.74. The summed E-state index contributed by atoms with van der Waals surface area (Å²) >= 11 is 1.42. The van der Waals surface area contributed by atoms with E-state index in [1.54, 1.807) is 24.0 Å². The maximum Gasteiger partial charge on any atom is 0.293 e. The van der Waals surface area contributed by atoms with Crippen LogP contribution in [-0.4, -0.2) is 38.0 Å². The zero-order chi connectivity index (χ0) is 16.4. The number of piperidine rings is 1. The SMILES string of the molecule is CC(C)c1nsc(NC2CCN(c3nccn(C)c3=O)CC2)n1. The number of aromatic nitrogens is 4. The van der Waals surface area contributed by atoms with Gasteiger partial charge in [-0.25, -0.2) is 9.97 Å². The van der Waals surface area contributed by atoms with Gasteiger partial charge in [-0.15, -0.1) is 0 Å². The third-order valence-electron chi connectivity index (χ3n) is 4.08. The van der Waals surface area contributed by atoms with E-state index in [1.807, 2.05) is 0 Å². The number of rotatable bonds is 4. The molecule has 1 aliphatic heterocycles. The third kappa shape index (κ3) is 3.52. The van der Waals surface area contributed by atoms with E-state index in [0.29, 0.717) is 17.8 Å². The Morgan fingerprint density at radius 3 is 2.74 bits per heavy atom. The molecule has 1 fully saturated rings. The molecule has 124 valence electrons. The average Bonchev–Trinajstić information content (AvgIpc) is 3.00. The van der Waals surface area contributed by atoms with Gasteiger partial charge in [0.1, 0.15) is 5.82 Å². The van der Waals surface area contributed by atoms with Gasteiger partial charge in [0.05, 0.1) is 0 Å². The average molecular weight is 334 g/mol. The second-order valence-electron chi connectivity index (χ2n) is 6.18.